The lowest BCUT2D eigenvalue weighted by Crippen LogP contribution is -2.09. The van der Waals surface area contributed by atoms with E-state index in [4.69, 9.17) is 42.3 Å². The summed E-state index contributed by atoms with van der Waals surface area (Å²) in [6.45, 7) is 3.72. The van der Waals surface area contributed by atoms with E-state index in [1.165, 1.54) is 22.2 Å². The summed E-state index contributed by atoms with van der Waals surface area (Å²) in [5, 5.41) is 0. The van der Waals surface area contributed by atoms with E-state index in [-0.39, 0.29) is 14.9 Å². The normalized spacial score (nSPS) is 15.7. The molecule has 194 valence electrons. The average Bonchev–Trinajstić information content (AvgIpc) is 3.14. The second kappa shape index (κ2) is 13.8. The molecule has 0 radical (unpaired) electrons. The standard InChI is InChI=1S/C13H15Cl2NO2.C13H17NO2.H2S.H2/c1-17-12-6-9-4-3-5-16(15)11(8-14)10(9)7-13(12)18-2;1-9-11-8-13(16-3)12(15-2)7-10(11)5-4-6-14-9;;/h6-8H,3-5H2,1-2H3;7-8H,4-6H2,1-3H3;1H2;1H/b11-8-;;;/i;;;1+1. The van der Waals surface area contributed by atoms with Gasteiger partial charge >= 0.3 is 0 Å². The van der Waals surface area contributed by atoms with E-state index < -0.39 is 0 Å². The van der Waals surface area contributed by atoms with E-state index in [1.807, 2.05) is 18.2 Å². The Kier molecular flexibility index (Phi) is 11.4. The molecule has 2 aromatic rings. The highest BCUT2D eigenvalue weighted by atomic mass is 35.5. The minimum Gasteiger partial charge on any atom is -0.493 e. The summed E-state index contributed by atoms with van der Waals surface area (Å²) in [6, 6.07) is 8.00. The fourth-order valence-corrected chi connectivity index (χ4v) is 4.75. The van der Waals surface area contributed by atoms with Crippen molar-refractivity contribution in [3.63, 3.8) is 0 Å². The first-order valence-corrected chi connectivity index (χ1v) is 12.0. The average molecular weight is 545 g/mol. The first-order chi connectivity index (χ1) is 16.5. The van der Waals surface area contributed by atoms with Crippen LogP contribution in [-0.4, -0.2) is 51.7 Å². The van der Waals surface area contributed by atoms with Gasteiger partial charge in [0.25, 0.3) is 0 Å². The molecular weight excluding hydrogens is 507 g/mol. The number of aliphatic imine (C=N–C) groups is 1. The molecule has 2 aliphatic rings. The van der Waals surface area contributed by atoms with Crippen LogP contribution < -0.4 is 18.9 Å². The maximum atomic E-state index is 6.19. The summed E-state index contributed by atoms with van der Waals surface area (Å²) in [7, 11) is 6.58. The lowest BCUT2D eigenvalue weighted by molar-refractivity contribution is 0.354. The van der Waals surface area contributed by atoms with Gasteiger partial charge in [0.1, 0.15) is 0 Å². The SMILES string of the molecule is COc1cc2c(cc1OC)/C(=C/Cl)N(Cl)CCC2.COc1cc2c(cc1OC)C(C)=NCCC2.S.[2HH]. The van der Waals surface area contributed by atoms with Crippen LogP contribution in [0.15, 0.2) is 34.8 Å². The highest BCUT2D eigenvalue weighted by Crippen LogP contribution is 2.38. The molecule has 2 aliphatic heterocycles. The molecular formula is C26H36Cl2N2O4S. The van der Waals surface area contributed by atoms with Gasteiger partial charge in [-0.25, -0.2) is 0 Å². The second-order valence-corrected chi connectivity index (χ2v) is 8.61. The van der Waals surface area contributed by atoms with Crippen molar-refractivity contribution in [1.82, 2.24) is 4.42 Å². The number of hydrogen-bond donors (Lipinski definition) is 0. The summed E-state index contributed by atoms with van der Waals surface area (Å²) in [5.74, 6) is 2.99. The van der Waals surface area contributed by atoms with E-state index >= 15 is 0 Å². The van der Waals surface area contributed by atoms with Crippen molar-refractivity contribution in [2.45, 2.75) is 32.6 Å². The zero-order valence-electron chi connectivity index (χ0n) is 20.9. The van der Waals surface area contributed by atoms with Crippen LogP contribution in [0.4, 0.5) is 0 Å². The number of hydrogen-bond acceptors (Lipinski definition) is 6. The summed E-state index contributed by atoms with van der Waals surface area (Å²) in [6.07, 6.45) is 4.06. The predicted molar refractivity (Wildman–Crippen MR) is 152 cm³/mol. The zero-order valence-corrected chi connectivity index (χ0v) is 23.4. The fourth-order valence-electron chi connectivity index (χ4n) is 4.20. The minimum absolute atomic E-state index is 0. The summed E-state index contributed by atoms with van der Waals surface area (Å²) in [4.78, 5) is 4.52. The molecule has 6 nitrogen and oxygen atoms in total. The van der Waals surface area contributed by atoms with E-state index in [1.54, 1.807) is 32.9 Å². The molecule has 35 heavy (non-hydrogen) atoms. The van der Waals surface area contributed by atoms with Gasteiger partial charge in [-0.1, -0.05) is 11.6 Å². The summed E-state index contributed by atoms with van der Waals surface area (Å²) in [5.41, 5.74) is 8.05. The molecule has 4 rings (SSSR count). The number of halogens is 2. The van der Waals surface area contributed by atoms with Crippen LogP contribution in [0.1, 0.15) is 43.4 Å². The van der Waals surface area contributed by atoms with Crippen molar-refractivity contribution >= 4 is 48.3 Å². The number of aryl methyl sites for hydroxylation is 2. The molecule has 0 atom stereocenters. The third-order valence-electron chi connectivity index (χ3n) is 6.00. The van der Waals surface area contributed by atoms with Crippen LogP contribution in [0.3, 0.4) is 0 Å². The number of fused-ring (bicyclic) bond motifs is 2. The molecule has 0 fully saturated rings. The lowest BCUT2D eigenvalue weighted by Gasteiger charge is -2.18. The van der Waals surface area contributed by atoms with E-state index in [9.17, 15) is 0 Å². The van der Waals surface area contributed by atoms with Crippen LogP contribution >= 0.6 is 36.9 Å². The predicted octanol–water partition coefficient (Wildman–Crippen LogP) is 6.46. The fraction of sp³-hybridized carbons (Fsp3) is 0.423. The van der Waals surface area contributed by atoms with Gasteiger partial charge in [0.15, 0.2) is 23.0 Å². The van der Waals surface area contributed by atoms with Crippen molar-refractivity contribution in [2.24, 2.45) is 4.99 Å². The van der Waals surface area contributed by atoms with Crippen LogP contribution in [0, 0.1) is 0 Å². The smallest absolute Gasteiger partial charge is 0.161 e. The number of methoxy groups -OCH3 is 4. The second-order valence-electron chi connectivity index (χ2n) is 7.98. The molecule has 0 aromatic heterocycles. The maximum Gasteiger partial charge on any atom is 0.161 e. The Labute approximate surface area is 226 Å². The van der Waals surface area contributed by atoms with Crippen LogP contribution in [0.5, 0.6) is 23.0 Å². The van der Waals surface area contributed by atoms with Gasteiger partial charge in [-0.05, 0) is 68.0 Å². The third kappa shape index (κ3) is 6.72. The largest absolute Gasteiger partial charge is 0.493 e. The molecule has 0 saturated carbocycles. The Bertz CT molecular complexity index is 1080. The number of rotatable bonds is 4. The lowest BCUT2D eigenvalue weighted by atomic mass is 10.00. The Morgan fingerprint density at radius 1 is 0.829 bits per heavy atom. The van der Waals surface area contributed by atoms with Crippen molar-refractivity contribution in [1.29, 1.82) is 0 Å². The Morgan fingerprint density at radius 2 is 1.31 bits per heavy atom. The maximum absolute atomic E-state index is 6.19. The molecule has 9 heteroatoms. The molecule has 0 saturated heterocycles. The van der Waals surface area contributed by atoms with Crippen LogP contribution in [-0.2, 0) is 12.8 Å². The molecule has 0 spiro atoms. The first-order valence-electron chi connectivity index (χ1n) is 11.2. The van der Waals surface area contributed by atoms with Crippen LogP contribution in [0.2, 0.25) is 0 Å². The Morgan fingerprint density at radius 3 is 1.86 bits per heavy atom. The van der Waals surface area contributed by atoms with Crippen molar-refractivity contribution in [3.05, 3.63) is 52.1 Å². The zero-order chi connectivity index (χ0) is 24.7. The van der Waals surface area contributed by atoms with Gasteiger partial charge in [0, 0.05) is 48.7 Å². The number of nitrogens with zero attached hydrogens (tertiary/aromatic N) is 2. The third-order valence-corrected chi connectivity index (χ3v) is 6.56. The van der Waals surface area contributed by atoms with Crippen LogP contribution in [0.25, 0.3) is 5.70 Å². The van der Waals surface area contributed by atoms with Gasteiger partial charge in [-0.2, -0.15) is 13.5 Å². The molecule has 0 aliphatic carbocycles. The molecule has 0 bridgehead atoms. The minimum atomic E-state index is 0. The summed E-state index contributed by atoms with van der Waals surface area (Å²) >= 11 is 12.1. The molecule has 2 heterocycles. The molecule has 0 unspecified atom stereocenters. The van der Waals surface area contributed by atoms with Gasteiger partial charge in [0.2, 0.25) is 0 Å². The first kappa shape index (κ1) is 29.0. The monoisotopic (exact) mass is 543 g/mol. The highest BCUT2D eigenvalue weighted by molar-refractivity contribution is 7.59. The van der Waals surface area contributed by atoms with Crippen molar-refractivity contribution < 1.29 is 20.4 Å². The number of ether oxygens (including phenoxy) is 4. The van der Waals surface area contributed by atoms with Gasteiger partial charge in [0.05, 0.1) is 34.1 Å². The topological polar surface area (TPSA) is 52.5 Å². The quantitative estimate of drug-likeness (QED) is 0.414. The van der Waals surface area contributed by atoms with E-state index in [0.29, 0.717) is 5.75 Å². The number of benzene rings is 2. The van der Waals surface area contributed by atoms with Crippen molar-refractivity contribution in [2.75, 3.05) is 41.5 Å². The molecule has 2 aromatic carbocycles. The van der Waals surface area contributed by atoms with Gasteiger partial charge in [-0.15, -0.1) is 0 Å². The molecule has 0 amide bonds. The summed E-state index contributed by atoms with van der Waals surface area (Å²) < 4.78 is 22.9. The highest BCUT2D eigenvalue weighted by Gasteiger charge is 2.21. The Hall–Kier alpha value is -2.22. The Balaban J connectivity index is 0.000000343. The van der Waals surface area contributed by atoms with Gasteiger partial charge in [-0.3, -0.25) is 9.41 Å². The van der Waals surface area contributed by atoms with Gasteiger partial charge < -0.3 is 18.9 Å². The van der Waals surface area contributed by atoms with E-state index in [2.05, 4.69) is 18.0 Å². The van der Waals surface area contributed by atoms with E-state index in [0.717, 1.165) is 73.0 Å². The van der Waals surface area contributed by atoms with Crippen molar-refractivity contribution in [3.8, 4) is 23.0 Å². The molecule has 0 N–H and O–H groups in total.